The van der Waals surface area contributed by atoms with Gasteiger partial charge in [0, 0.05) is 22.5 Å². The largest absolute Gasteiger partial charge is 0.310 e. The molecule has 1 nitrogen and oxygen atoms in total. The van der Waals surface area contributed by atoms with Gasteiger partial charge in [-0.05, 0) is 125 Å². The van der Waals surface area contributed by atoms with Gasteiger partial charge in [0.05, 0.1) is 0 Å². The smallest absolute Gasteiger partial charge is 0.0468 e. The summed E-state index contributed by atoms with van der Waals surface area (Å²) >= 11 is 0. The lowest BCUT2D eigenvalue weighted by molar-refractivity contribution is 0.660. The highest BCUT2D eigenvalue weighted by Crippen LogP contribution is 2.52. The van der Waals surface area contributed by atoms with Crippen LogP contribution in [0.1, 0.15) is 25.0 Å². The van der Waals surface area contributed by atoms with E-state index in [0.29, 0.717) is 0 Å². The molecule has 10 aromatic rings. The Morgan fingerprint density at radius 1 is 0.283 bits per heavy atom. The highest BCUT2D eigenvalue weighted by molar-refractivity contribution is 6.03. The van der Waals surface area contributed by atoms with Crippen molar-refractivity contribution in [2.75, 3.05) is 4.90 Å². The SMILES string of the molecule is CC1(C)c2ccccc2-c2ccc(N(c3ccc(-c4cccc5ccccc45)c(-c4ccccc4)c3)c3ccc(-c4cccc5ccccc45)c(-c4ccccc4)c3)cc21. The minimum absolute atomic E-state index is 0.144. The predicted molar refractivity (Wildman–Crippen MR) is 255 cm³/mol. The Morgan fingerprint density at radius 2 is 0.683 bits per heavy atom. The molecule has 10 aromatic carbocycles. The van der Waals surface area contributed by atoms with Crippen LogP contribution in [0.25, 0.3) is 77.2 Å². The number of nitrogens with zero attached hydrogens (tertiary/aromatic N) is 1. The van der Waals surface area contributed by atoms with Crippen molar-refractivity contribution in [1.82, 2.24) is 0 Å². The molecule has 0 N–H and O–H groups in total. The molecule has 60 heavy (non-hydrogen) atoms. The lowest BCUT2D eigenvalue weighted by Gasteiger charge is -2.30. The number of anilines is 3. The molecular formula is C59H43N. The van der Waals surface area contributed by atoms with Crippen LogP contribution in [-0.4, -0.2) is 0 Å². The highest BCUT2D eigenvalue weighted by Gasteiger charge is 2.36. The minimum Gasteiger partial charge on any atom is -0.310 e. The second-order valence-corrected chi connectivity index (χ2v) is 16.5. The Bertz CT molecular complexity index is 3050. The van der Waals surface area contributed by atoms with E-state index in [9.17, 15) is 0 Å². The first-order valence-electron chi connectivity index (χ1n) is 20.9. The number of hydrogen-bond donors (Lipinski definition) is 0. The summed E-state index contributed by atoms with van der Waals surface area (Å²) in [5.41, 5.74) is 18.2. The van der Waals surface area contributed by atoms with E-state index in [0.717, 1.165) is 17.1 Å². The van der Waals surface area contributed by atoms with Crippen LogP contribution in [0.2, 0.25) is 0 Å². The molecule has 0 saturated carbocycles. The van der Waals surface area contributed by atoms with Crippen LogP contribution in [0.5, 0.6) is 0 Å². The minimum atomic E-state index is -0.144. The molecule has 0 saturated heterocycles. The van der Waals surface area contributed by atoms with Gasteiger partial charge < -0.3 is 4.90 Å². The van der Waals surface area contributed by atoms with Crippen LogP contribution < -0.4 is 4.90 Å². The van der Waals surface area contributed by atoms with Gasteiger partial charge in [-0.2, -0.15) is 0 Å². The maximum absolute atomic E-state index is 2.47. The molecule has 11 rings (SSSR count). The molecule has 284 valence electrons. The summed E-state index contributed by atoms with van der Waals surface area (Å²) in [5, 5.41) is 4.97. The van der Waals surface area contributed by atoms with Crippen LogP contribution >= 0.6 is 0 Å². The lowest BCUT2D eigenvalue weighted by atomic mass is 9.82. The van der Waals surface area contributed by atoms with Gasteiger partial charge in [-0.25, -0.2) is 0 Å². The molecule has 0 heterocycles. The Morgan fingerprint density at radius 3 is 1.23 bits per heavy atom. The first kappa shape index (κ1) is 35.7. The zero-order valence-corrected chi connectivity index (χ0v) is 33.8. The van der Waals surface area contributed by atoms with E-state index < -0.39 is 0 Å². The number of benzene rings is 10. The van der Waals surface area contributed by atoms with E-state index in [4.69, 9.17) is 0 Å². The maximum Gasteiger partial charge on any atom is 0.0468 e. The summed E-state index contributed by atoms with van der Waals surface area (Å²) in [4.78, 5) is 2.47. The maximum atomic E-state index is 2.47. The van der Waals surface area contributed by atoms with E-state index >= 15 is 0 Å². The summed E-state index contributed by atoms with van der Waals surface area (Å²) in [6.07, 6.45) is 0. The zero-order valence-electron chi connectivity index (χ0n) is 33.8. The fraction of sp³-hybridized carbons (Fsp3) is 0.0508. The second kappa shape index (κ2) is 14.4. The Balaban J connectivity index is 1.17. The van der Waals surface area contributed by atoms with Crippen LogP contribution in [0, 0.1) is 0 Å². The quantitative estimate of drug-likeness (QED) is 0.156. The van der Waals surface area contributed by atoms with Crippen molar-refractivity contribution in [1.29, 1.82) is 0 Å². The van der Waals surface area contributed by atoms with Gasteiger partial charge in [-0.3, -0.25) is 0 Å². The van der Waals surface area contributed by atoms with Gasteiger partial charge in [-0.15, -0.1) is 0 Å². The topological polar surface area (TPSA) is 3.24 Å². The summed E-state index contributed by atoms with van der Waals surface area (Å²) in [6.45, 7) is 4.73. The normalized spacial score (nSPS) is 12.6. The lowest BCUT2D eigenvalue weighted by Crippen LogP contribution is -2.16. The van der Waals surface area contributed by atoms with Crippen LogP contribution in [0.15, 0.2) is 224 Å². The van der Waals surface area contributed by atoms with Crippen LogP contribution in [0.3, 0.4) is 0 Å². The van der Waals surface area contributed by atoms with Gasteiger partial charge >= 0.3 is 0 Å². The van der Waals surface area contributed by atoms with E-state index in [1.54, 1.807) is 0 Å². The molecule has 0 amide bonds. The first-order valence-corrected chi connectivity index (χ1v) is 20.9. The van der Waals surface area contributed by atoms with Crippen molar-refractivity contribution < 1.29 is 0 Å². The van der Waals surface area contributed by atoms with Crippen molar-refractivity contribution in [3.05, 3.63) is 236 Å². The van der Waals surface area contributed by atoms with Gasteiger partial charge in [0.2, 0.25) is 0 Å². The second-order valence-electron chi connectivity index (χ2n) is 16.5. The fourth-order valence-electron chi connectivity index (χ4n) is 9.72. The average molecular weight is 766 g/mol. The van der Waals surface area contributed by atoms with E-state index in [-0.39, 0.29) is 5.41 Å². The fourth-order valence-corrected chi connectivity index (χ4v) is 9.72. The molecule has 1 aliphatic carbocycles. The van der Waals surface area contributed by atoms with Gasteiger partial charge in [0.1, 0.15) is 0 Å². The third-order valence-corrected chi connectivity index (χ3v) is 12.7. The van der Waals surface area contributed by atoms with Crippen molar-refractivity contribution in [2.45, 2.75) is 19.3 Å². The third kappa shape index (κ3) is 5.93. The molecule has 0 bridgehead atoms. The van der Waals surface area contributed by atoms with Gasteiger partial charge in [0.25, 0.3) is 0 Å². The standard InChI is InChI=1S/C59H43N/c1-59(2)57-30-14-13-27-53(57)54-36-33-46(39-58(54)59)60(44-31-34-51(55(37-44)42-17-5-3-6-18-42)49-28-15-23-40-21-9-11-25-47(40)49)45-32-35-52(56(38-45)43-19-7-4-8-20-43)50-29-16-24-41-22-10-12-26-48(41)50/h3-39H,1-2H3. The molecule has 0 spiro atoms. The number of fused-ring (bicyclic) bond motifs is 5. The van der Waals surface area contributed by atoms with E-state index in [2.05, 4.69) is 243 Å². The molecule has 0 atom stereocenters. The molecule has 0 fully saturated rings. The van der Waals surface area contributed by atoms with Crippen molar-refractivity contribution >= 4 is 38.6 Å². The Kier molecular flexibility index (Phi) is 8.57. The molecule has 0 aromatic heterocycles. The summed E-state index contributed by atoms with van der Waals surface area (Å²) < 4.78 is 0. The molecule has 0 aliphatic heterocycles. The number of hydrogen-bond acceptors (Lipinski definition) is 1. The first-order chi connectivity index (χ1) is 29.5. The predicted octanol–water partition coefficient (Wildman–Crippen LogP) is 16.4. The van der Waals surface area contributed by atoms with E-state index in [1.165, 1.54) is 88.3 Å². The molecular weight excluding hydrogens is 723 g/mol. The monoisotopic (exact) mass is 765 g/mol. The van der Waals surface area contributed by atoms with Crippen molar-refractivity contribution in [2.24, 2.45) is 0 Å². The summed E-state index contributed by atoms with van der Waals surface area (Å²) in [7, 11) is 0. The van der Waals surface area contributed by atoms with E-state index in [1.807, 2.05) is 0 Å². The molecule has 1 heteroatoms. The molecule has 1 aliphatic rings. The average Bonchev–Trinajstić information content (AvgIpc) is 3.54. The summed E-state index contributed by atoms with van der Waals surface area (Å²) in [6, 6.07) is 82.6. The van der Waals surface area contributed by atoms with Gasteiger partial charge in [-0.1, -0.05) is 202 Å². The zero-order chi connectivity index (χ0) is 40.2. The van der Waals surface area contributed by atoms with Gasteiger partial charge in [0.15, 0.2) is 0 Å². The van der Waals surface area contributed by atoms with Crippen molar-refractivity contribution in [3.63, 3.8) is 0 Å². The number of rotatable bonds is 7. The molecule has 0 radical (unpaired) electrons. The third-order valence-electron chi connectivity index (χ3n) is 12.7. The summed E-state index contributed by atoms with van der Waals surface area (Å²) in [5.74, 6) is 0. The molecule has 0 unspecified atom stereocenters. The van der Waals surface area contributed by atoms with Crippen LogP contribution in [0.4, 0.5) is 17.1 Å². The van der Waals surface area contributed by atoms with Crippen LogP contribution in [-0.2, 0) is 5.41 Å². The van der Waals surface area contributed by atoms with Crippen molar-refractivity contribution in [3.8, 4) is 55.6 Å². The highest BCUT2D eigenvalue weighted by atomic mass is 15.1. The Labute approximate surface area is 352 Å². The Hall–Kier alpha value is -7.48.